The topological polar surface area (TPSA) is 59.2 Å². The van der Waals surface area contributed by atoms with Crippen molar-refractivity contribution in [3.05, 3.63) is 29.6 Å². The predicted molar refractivity (Wildman–Crippen MR) is 76.3 cm³/mol. The van der Waals surface area contributed by atoms with Crippen molar-refractivity contribution >= 4 is 5.91 Å². The first-order valence-electron chi connectivity index (χ1n) is 8.13. The van der Waals surface area contributed by atoms with Gasteiger partial charge in [0.15, 0.2) is 0 Å². The summed E-state index contributed by atoms with van der Waals surface area (Å²) in [6, 6.07) is 2.00. The molecular formula is C17H19N3O. The van der Waals surface area contributed by atoms with Crippen LogP contribution in [0.3, 0.4) is 0 Å². The molecule has 2 heterocycles. The van der Waals surface area contributed by atoms with Gasteiger partial charge in [0.2, 0.25) is 0 Å². The van der Waals surface area contributed by atoms with Gasteiger partial charge in [-0.25, -0.2) is 0 Å². The third-order valence-electron chi connectivity index (χ3n) is 7.73. The average molecular weight is 281 g/mol. The van der Waals surface area contributed by atoms with Crippen LogP contribution in [0.2, 0.25) is 0 Å². The third-order valence-corrected chi connectivity index (χ3v) is 7.73. The van der Waals surface area contributed by atoms with Gasteiger partial charge in [0.25, 0.3) is 5.91 Å². The summed E-state index contributed by atoms with van der Waals surface area (Å²) in [4.78, 5) is 19.2. The SMILES string of the molecule is NC12CC3CC4(N5Cc6ccncc6C5=O)CC(C1)C24C3. The fourth-order valence-electron chi connectivity index (χ4n) is 7.32. The molecule has 21 heavy (non-hydrogen) atoms. The van der Waals surface area contributed by atoms with Crippen molar-refractivity contribution in [3.8, 4) is 0 Å². The fourth-order valence-corrected chi connectivity index (χ4v) is 7.32. The number of fused-ring (bicyclic) bond motifs is 2. The van der Waals surface area contributed by atoms with E-state index in [0.29, 0.717) is 0 Å². The molecule has 0 radical (unpaired) electrons. The minimum Gasteiger partial charge on any atom is -0.328 e. The van der Waals surface area contributed by atoms with Gasteiger partial charge in [-0.1, -0.05) is 0 Å². The second kappa shape index (κ2) is 2.89. The largest absolute Gasteiger partial charge is 0.328 e. The molecule has 5 aliphatic rings. The molecule has 4 heteroatoms. The maximum Gasteiger partial charge on any atom is 0.256 e. The highest BCUT2D eigenvalue weighted by Crippen LogP contribution is 2.85. The highest BCUT2D eigenvalue weighted by atomic mass is 16.2. The summed E-state index contributed by atoms with van der Waals surface area (Å²) in [5.74, 6) is 1.73. The van der Waals surface area contributed by atoms with Crippen LogP contribution >= 0.6 is 0 Å². The van der Waals surface area contributed by atoms with E-state index in [4.69, 9.17) is 5.73 Å². The summed E-state index contributed by atoms with van der Waals surface area (Å²) in [7, 11) is 0. The molecule has 2 bridgehead atoms. The molecule has 4 saturated carbocycles. The van der Waals surface area contributed by atoms with Crippen LogP contribution in [0, 0.1) is 17.3 Å². The van der Waals surface area contributed by atoms with E-state index in [-0.39, 0.29) is 22.4 Å². The molecule has 5 unspecified atom stereocenters. The van der Waals surface area contributed by atoms with Crippen molar-refractivity contribution in [1.82, 2.24) is 9.88 Å². The Kier molecular flexibility index (Phi) is 1.54. The molecule has 1 aliphatic heterocycles. The van der Waals surface area contributed by atoms with Crippen molar-refractivity contribution in [2.75, 3.05) is 0 Å². The zero-order valence-electron chi connectivity index (χ0n) is 12.0. The number of amides is 1. The van der Waals surface area contributed by atoms with E-state index in [0.717, 1.165) is 29.5 Å². The molecule has 1 aromatic rings. The zero-order valence-corrected chi connectivity index (χ0v) is 12.0. The molecule has 6 rings (SSSR count). The summed E-state index contributed by atoms with van der Waals surface area (Å²) < 4.78 is 0. The summed E-state index contributed by atoms with van der Waals surface area (Å²) in [6.45, 7) is 0.772. The molecule has 0 aromatic carbocycles. The van der Waals surface area contributed by atoms with Crippen molar-refractivity contribution in [2.45, 2.75) is 49.7 Å². The summed E-state index contributed by atoms with van der Waals surface area (Å²) >= 11 is 0. The number of aromatic nitrogens is 1. The number of nitrogens with zero attached hydrogens (tertiary/aromatic N) is 2. The van der Waals surface area contributed by atoms with Gasteiger partial charge in [-0.3, -0.25) is 9.78 Å². The van der Waals surface area contributed by atoms with Gasteiger partial charge in [-0.15, -0.1) is 0 Å². The lowest BCUT2D eigenvalue weighted by molar-refractivity contribution is -0.252. The van der Waals surface area contributed by atoms with Gasteiger partial charge in [-0.2, -0.15) is 0 Å². The number of carbonyl (C=O) groups excluding carboxylic acids is 1. The van der Waals surface area contributed by atoms with E-state index in [2.05, 4.69) is 9.88 Å². The number of hydrogen-bond donors (Lipinski definition) is 1. The molecule has 0 saturated heterocycles. The van der Waals surface area contributed by atoms with Gasteiger partial charge in [-0.05, 0) is 55.6 Å². The standard InChI is InChI=1S/C17H19N3O/c18-15-3-10-4-16(7-12(6-15)17(15,16)5-10)20-9-11-1-2-19-8-13(11)14(20)21/h1-2,8,10,12H,3-7,9,18H2. The molecule has 4 aliphatic carbocycles. The van der Waals surface area contributed by atoms with Crippen LogP contribution in [0.4, 0.5) is 0 Å². The molecular weight excluding hydrogens is 262 g/mol. The van der Waals surface area contributed by atoms with Crippen molar-refractivity contribution in [3.63, 3.8) is 0 Å². The first-order valence-corrected chi connectivity index (χ1v) is 8.13. The van der Waals surface area contributed by atoms with Gasteiger partial charge < -0.3 is 10.6 Å². The second-order valence-corrected chi connectivity index (χ2v) is 8.17. The Bertz CT molecular complexity index is 718. The molecule has 5 atom stereocenters. The molecule has 1 aromatic heterocycles. The summed E-state index contributed by atoms with van der Waals surface area (Å²) in [5.41, 5.74) is 9.09. The number of hydrogen-bond acceptors (Lipinski definition) is 3. The van der Waals surface area contributed by atoms with Crippen LogP contribution in [-0.4, -0.2) is 26.9 Å². The van der Waals surface area contributed by atoms with Crippen molar-refractivity contribution < 1.29 is 4.79 Å². The van der Waals surface area contributed by atoms with Crippen LogP contribution in [0.5, 0.6) is 0 Å². The lowest BCUT2D eigenvalue weighted by atomic mass is 9.31. The van der Waals surface area contributed by atoms with E-state index < -0.39 is 0 Å². The van der Waals surface area contributed by atoms with Crippen LogP contribution in [-0.2, 0) is 6.54 Å². The Hall–Kier alpha value is -1.42. The lowest BCUT2D eigenvalue weighted by Gasteiger charge is -2.78. The van der Waals surface area contributed by atoms with Crippen molar-refractivity contribution in [1.29, 1.82) is 0 Å². The Morgan fingerprint density at radius 3 is 2.90 bits per heavy atom. The number of rotatable bonds is 1. The molecule has 1 amide bonds. The van der Waals surface area contributed by atoms with E-state index in [9.17, 15) is 4.79 Å². The summed E-state index contributed by atoms with van der Waals surface area (Å²) in [6.07, 6.45) is 9.58. The minimum atomic E-state index is 0.0339. The average Bonchev–Trinajstić information content (AvgIpc) is 3.02. The Morgan fingerprint density at radius 1 is 1.24 bits per heavy atom. The van der Waals surface area contributed by atoms with E-state index >= 15 is 0 Å². The molecule has 4 nitrogen and oxygen atoms in total. The Labute approximate surface area is 123 Å². The second-order valence-electron chi connectivity index (χ2n) is 8.17. The maximum absolute atomic E-state index is 12.9. The molecule has 2 N–H and O–H groups in total. The van der Waals surface area contributed by atoms with Gasteiger partial charge >= 0.3 is 0 Å². The quantitative estimate of drug-likeness (QED) is 0.852. The van der Waals surface area contributed by atoms with Crippen LogP contribution in [0.1, 0.15) is 48.0 Å². The minimum absolute atomic E-state index is 0.0339. The summed E-state index contributed by atoms with van der Waals surface area (Å²) in [5, 5.41) is 0. The smallest absolute Gasteiger partial charge is 0.256 e. The monoisotopic (exact) mass is 281 g/mol. The Balaban J connectivity index is 1.48. The van der Waals surface area contributed by atoms with Crippen LogP contribution < -0.4 is 5.73 Å². The van der Waals surface area contributed by atoms with Crippen molar-refractivity contribution in [2.24, 2.45) is 23.0 Å². The molecule has 4 fully saturated rings. The number of pyridine rings is 1. The predicted octanol–water partition coefficient (Wildman–Crippen LogP) is 1.70. The normalized spacial score (nSPS) is 51.5. The highest BCUT2D eigenvalue weighted by Gasteiger charge is 2.87. The first-order chi connectivity index (χ1) is 10.1. The molecule has 1 spiro atoms. The number of nitrogens with two attached hydrogens (primary N) is 1. The van der Waals surface area contributed by atoms with Crippen LogP contribution in [0.15, 0.2) is 18.5 Å². The van der Waals surface area contributed by atoms with Gasteiger partial charge in [0.05, 0.1) is 11.1 Å². The van der Waals surface area contributed by atoms with E-state index in [1.54, 1.807) is 12.4 Å². The maximum atomic E-state index is 12.9. The lowest BCUT2D eigenvalue weighted by Crippen LogP contribution is -2.85. The first kappa shape index (κ1) is 11.2. The van der Waals surface area contributed by atoms with Gasteiger partial charge in [0.1, 0.15) is 0 Å². The Morgan fingerprint density at radius 2 is 2.14 bits per heavy atom. The van der Waals surface area contributed by atoms with Crippen LogP contribution in [0.25, 0.3) is 0 Å². The zero-order chi connectivity index (χ0) is 14.0. The van der Waals surface area contributed by atoms with E-state index in [1.807, 2.05) is 6.07 Å². The number of carbonyl (C=O) groups is 1. The van der Waals surface area contributed by atoms with Gasteiger partial charge in [0, 0.05) is 29.9 Å². The fraction of sp³-hybridized carbons (Fsp3) is 0.647. The van der Waals surface area contributed by atoms with E-state index in [1.165, 1.54) is 32.1 Å². The molecule has 108 valence electrons. The highest BCUT2D eigenvalue weighted by molar-refractivity contribution is 5.98. The third kappa shape index (κ3) is 0.871.